The molecule has 0 radical (unpaired) electrons. The number of rotatable bonds is 5. The van der Waals surface area contributed by atoms with E-state index in [0.29, 0.717) is 11.1 Å². The molecule has 0 bridgehead atoms. The van der Waals surface area contributed by atoms with E-state index in [-0.39, 0.29) is 35.8 Å². The van der Waals surface area contributed by atoms with Crippen LogP contribution in [0.1, 0.15) is 5.56 Å². The summed E-state index contributed by atoms with van der Waals surface area (Å²) in [4.78, 5) is 13.1. The number of benzene rings is 3. The molecular formula is C22H17N3O3. The Hall–Kier alpha value is -3.93. The van der Waals surface area contributed by atoms with Gasteiger partial charge < -0.3 is 14.9 Å². The van der Waals surface area contributed by atoms with E-state index in [1.807, 2.05) is 30.3 Å². The number of phenolic OH excluding ortho intramolecular Hbond substituents is 2. The van der Waals surface area contributed by atoms with Crippen molar-refractivity contribution < 1.29 is 14.9 Å². The lowest BCUT2D eigenvalue weighted by atomic mass is 10.1. The number of para-hydroxylation sites is 2. The lowest BCUT2D eigenvalue weighted by molar-refractivity contribution is 0.280. The van der Waals surface area contributed by atoms with Crippen LogP contribution in [0.3, 0.4) is 0 Å². The van der Waals surface area contributed by atoms with E-state index in [2.05, 4.69) is 15.0 Å². The highest BCUT2D eigenvalue weighted by molar-refractivity contribution is 5.68. The fourth-order valence-electron chi connectivity index (χ4n) is 2.71. The van der Waals surface area contributed by atoms with Crippen LogP contribution in [0.2, 0.25) is 0 Å². The fraction of sp³-hybridized carbons (Fsp3) is 0.0455. The molecule has 1 heterocycles. The van der Waals surface area contributed by atoms with Crippen LogP contribution in [0.5, 0.6) is 17.5 Å². The molecule has 4 rings (SSSR count). The van der Waals surface area contributed by atoms with Crippen molar-refractivity contribution in [3.63, 3.8) is 0 Å². The summed E-state index contributed by atoms with van der Waals surface area (Å²) in [6.45, 7) is 0.283. The Balaban J connectivity index is 1.77. The minimum Gasteiger partial charge on any atom is -0.507 e. The van der Waals surface area contributed by atoms with Gasteiger partial charge in [0.1, 0.15) is 18.1 Å². The van der Waals surface area contributed by atoms with Gasteiger partial charge in [-0.05, 0) is 29.8 Å². The number of hydrogen-bond acceptors (Lipinski definition) is 6. The molecule has 0 saturated heterocycles. The van der Waals surface area contributed by atoms with E-state index in [1.165, 1.54) is 0 Å². The second kappa shape index (κ2) is 7.75. The smallest absolute Gasteiger partial charge is 0.320 e. The lowest BCUT2D eigenvalue weighted by Gasteiger charge is -2.10. The monoisotopic (exact) mass is 371 g/mol. The van der Waals surface area contributed by atoms with Gasteiger partial charge in [0.15, 0.2) is 11.6 Å². The van der Waals surface area contributed by atoms with Crippen molar-refractivity contribution in [3.8, 4) is 40.3 Å². The highest BCUT2D eigenvalue weighted by Gasteiger charge is 2.15. The summed E-state index contributed by atoms with van der Waals surface area (Å²) in [7, 11) is 0. The molecule has 3 aromatic carbocycles. The maximum Gasteiger partial charge on any atom is 0.320 e. The molecule has 1 aromatic heterocycles. The highest BCUT2D eigenvalue weighted by atomic mass is 16.5. The summed E-state index contributed by atoms with van der Waals surface area (Å²) in [5, 5.41) is 20.4. The van der Waals surface area contributed by atoms with Gasteiger partial charge in [-0.15, -0.1) is 0 Å². The van der Waals surface area contributed by atoms with Gasteiger partial charge in [0.25, 0.3) is 0 Å². The summed E-state index contributed by atoms with van der Waals surface area (Å²) < 4.78 is 5.77. The van der Waals surface area contributed by atoms with Gasteiger partial charge in [0.2, 0.25) is 0 Å². The zero-order valence-electron chi connectivity index (χ0n) is 14.9. The first-order valence-electron chi connectivity index (χ1n) is 8.70. The maximum absolute atomic E-state index is 10.2. The fourth-order valence-corrected chi connectivity index (χ4v) is 2.71. The van der Waals surface area contributed by atoms with E-state index in [1.54, 1.807) is 48.5 Å². The Morgan fingerprint density at radius 3 is 1.64 bits per heavy atom. The number of aromatic nitrogens is 3. The van der Waals surface area contributed by atoms with E-state index in [9.17, 15) is 10.2 Å². The summed E-state index contributed by atoms with van der Waals surface area (Å²) >= 11 is 0. The second-order valence-electron chi connectivity index (χ2n) is 6.07. The van der Waals surface area contributed by atoms with Crippen molar-refractivity contribution in [3.05, 3.63) is 84.4 Å². The first-order chi connectivity index (χ1) is 13.7. The zero-order valence-corrected chi connectivity index (χ0v) is 14.9. The van der Waals surface area contributed by atoms with Crippen LogP contribution in [0.25, 0.3) is 22.8 Å². The summed E-state index contributed by atoms with van der Waals surface area (Å²) in [5.41, 5.74) is 1.87. The third-order valence-electron chi connectivity index (χ3n) is 4.12. The minimum absolute atomic E-state index is 0.0472. The van der Waals surface area contributed by atoms with Crippen LogP contribution < -0.4 is 4.74 Å². The Labute approximate surface area is 161 Å². The second-order valence-corrected chi connectivity index (χ2v) is 6.07. The van der Waals surface area contributed by atoms with E-state index >= 15 is 0 Å². The summed E-state index contributed by atoms with van der Waals surface area (Å²) in [5.74, 6) is 0.612. The van der Waals surface area contributed by atoms with Crippen LogP contribution in [0.4, 0.5) is 0 Å². The largest absolute Gasteiger partial charge is 0.507 e. The standard InChI is InChI=1S/C22H17N3O3/c26-18-12-6-4-10-16(18)20-23-21(17-11-5-7-13-19(17)27)25-22(24-20)28-14-15-8-2-1-3-9-15/h1-13,26-27H,14H2. The molecule has 0 unspecified atom stereocenters. The molecule has 0 spiro atoms. The SMILES string of the molecule is Oc1ccccc1-c1nc(OCc2ccccc2)nc(-c2ccccc2O)n1. The molecule has 4 aromatic rings. The number of hydrogen-bond donors (Lipinski definition) is 2. The van der Waals surface area contributed by atoms with Gasteiger partial charge in [-0.25, -0.2) is 4.98 Å². The lowest BCUT2D eigenvalue weighted by Crippen LogP contribution is -2.04. The Bertz CT molecular complexity index is 1040. The predicted molar refractivity (Wildman–Crippen MR) is 105 cm³/mol. The zero-order chi connectivity index (χ0) is 19.3. The number of nitrogens with zero attached hydrogens (tertiary/aromatic N) is 3. The molecule has 0 saturated carbocycles. The maximum atomic E-state index is 10.2. The van der Waals surface area contributed by atoms with Crippen molar-refractivity contribution in [1.29, 1.82) is 0 Å². The summed E-state index contributed by atoms with van der Waals surface area (Å²) in [6.07, 6.45) is 0. The third-order valence-corrected chi connectivity index (χ3v) is 4.12. The normalized spacial score (nSPS) is 10.6. The van der Waals surface area contributed by atoms with Crippen LogP contribution in [-0.4, -0.2) is 25.2 Å². The van der Waals surface area contributed by atoms with Gasteiger partial charge in [-0.2, -0.15) is 9.97 Å². The quantitative estimate of drug-likeness (QED) is 0.547. The van der Waals surface area contributed by atoms with Gasteiger partial charge in [0, 0.05) is 0 Å². The number of ether oxygens (including phenoxy) is 1. The van der Waals surface area contributed by atoms with Crippen molar-refractivity contribution in [2.24, 2.45) is 0 Å². The van der Waals surface area contributed by atoms with Crippen LogP contribution in [0.15, 0.2) is 78.9 Å². The third kappa shape index (κ3) is 3.76. The first-order valence-corrected chi connectivity index (χ1v) is 8.70. The van der Waals surface area contributed by atoms with Crippen molar-refractivity contribution in [1.82, 2.24) is 15.0 Å². The average Bonchev–Trinajstić information content (AvgIpc) is 2.73. The molecule has 2 N–H and O–H groups in total. The molecule has 0 amide bonds. The molecule has 6 heteroatoms. The molecular weight excluding hydrogens is 354 g/mol. The van der Waals surface area contributed by atoms with Crippen LogP contribution in [-0.2, 0) is 6.61 Å². The molecule has 28 heavy (non-hydrogen) atoms. The van der Waals surface area contributed by atoms with Gasteiger partial charge in [0.05, 0.1) is 11.1 Å². The van der Waals surface area contributed by atoms with E-state index in [4.69, 9.17) is 4.74 Å². The van der Waals surface area contributed by atoms with E-state index < -0.39 is 0 Å². The average molecular weight is 371 g/mol. The molecule has 0 fully saturated rings. The molecule has 0 aliphatic carbocycles. The topological polar surface area (TPSA) is 88.4 Å². The molecule has 0 aliphatic rings. The van der Waals surface area contributed by atoms with Crippen LogP contribution in [0, 0.1) is 0 Å². The summed E-state index contributed by atoms with van der Waals surface area (Å²) in [6, 6.07) is 23.3. The Morgan fingerprint density at radius 2 is 1.11 bits per heavy atom. The van der Waals surface area contributed by atoms with Gasteiger partial charge in [-0.3, -0.25) is 0 Å². The molecule has 0 aliphatic heterocycles. The molecule has 0 atom stereocenters. The number of phenols is 2. The Morgan fingerprint density at radius 1 is 0.607 bits per heavy atom. The van der Waals surface area contributed by atoms with Crippen molar-refractivity contribution >= 4 is 0 Å². The molecule has 138 valence electrons. The van der Waals surface area contributed by atoms with Gasteiger partial charge in [-0.1, -0.05) is 54.6 Å². The Kier molecular flexibility index (Phi) is 4.84. The minimum atomic E-state index is 0.0472. The predicted octanol–water partition coefficient (Wildman–Crippen LogP) is 4.20. The first kappa shape index (κ1) is 17.5. The van der Waals surface area contributed by atoms with Gasteiger partial charge >= 0.3 is 6.01 Å². The van der Waals surface area contributed by atoms with E-state index in [0.717, 1.165) is 5.56 Å². The van der Waals surface area contributed by atoms with Crippen LogP contribution >= 0.6 is 0 Å². The van der Waals surface area contributed by atoms with Crippen molar-refractivity contribution in [2.45, 2.75) is 6.61 Å². The van der Waals surface area contributed by atoms with Crippen molar-refractivity contribution in [2.75, 3.05) is 0 Å². The molecule has 6 nitrogen and oxygen atoms in total. The number of aromatic hydroxyl groups is 2. The highest BCUT2D eigenvalue weighted by Crippen LogP contribution is 2.31.